The van der Waals surface area contributed by atoms with Gasteiger partial charge in [-0.3, -0.25) is 10.00 Å². The number of likely N-dealkylation sites (tertiary alicyclic amines) is 1. The van der Waals surface area contributed by atoms with Gasteiger partial charge in [-0.1, -0.05) is 0 Å². The second-order valence-corrected chi connectivity index (χ2v) is 9.84. The van der Waals surface area contributed by atoms with Crippen LogP contribution in [0.1, 0.15) is 36.4 Å². The highest BCUT2D eigenvalue weighted by Crippen LogP contribution is 2.32. The minimum atomic E-state index is -0.622. The highest BCUT2D eigenvalue weighted by Gasteiger charge is 2.28. The molecule has 4 aromatic rings. The molecule has 0 radical (unpaired) electrons. The Morgan fingerprint density at radius 3 is 2.71 bits per heavy atom. The van der Waals surface area contributed by atoms with Crippen LogP contribution in [0.25, 0.3) is 22.4 Å². The quantitative estimate of drug-likeness (QED) is 0.423. The van der Waals surface area contributed by atoms with Crippen molar-refractivity contribution in [3.63, 3.8) is 0 Å². The third-order valence-electron chi connectivity index (χ3n) is 7.05. The fourth-order valence-corrected chi connectivity index (χ4v) is 5.31. The van der Waals surface area contributed by atoms with Crippen LogP contribution in [0, 0.1) is 17.6 Å². The van der Waals surface area contributed by atoms with Gasteiger partial charge in [0.15, 0.2) is 5.82 Å². The average molecular weight is 479 g/mol. The Balaban J connectivity index is 1.19. The van der Waals surface area contributed by atoms with E-state index in [2.05, 4.69) is 32.0 Å². The number of benzene rings is 2. The molecule has 7 nitrogen and oxygen atoms in total. The van der Waals surface area contributed by atoms with Crippen molar-refractivity contribution in [2.24, 2.45) is 5.92 Å². The minimum absolute atomic E-state index is 0.436. The normalized spacial score (nSPS) is 19.5. The van der Waals surface area contributed by atoms with E-state index >= 15 is 0 Å². The highest BCUT2D eigenvalue weighted by molar-refractivity contribution is 5.92. The number of nitrogens with zero attached hydrogens (tertiary/aromatic N) is 4. The molecule has 35 heavy (non-hydrogen) atoms. The fourth-order valence-electron chi connectivity index (χ4n) is 5.31. The Hall–Kier alpha value is -3.30. The molecule has 0 saturated carbocycles. The number of nitrogens with one attached hydrogen (secondary N) is 2. The Morgan fingerprint density at radius 2 is 1.97 bits per heavy atom. The van der Waals surface area contributed by atoms with Crippen molar-refractivity contribution in [1.29, 1.82) is 0 Å². The summed E-state index contributed by atoms with van der Waals surface area (Å²) < 4.78 is 33.3. The van der Waals surface area contributed by atoms with E-state index in [0.29, 0.717) is 11.3 Å². The number of aromatic amines is 2. The molecule has 182 valence electrons. The molecule has 2 aliphatic heterocycles. The number of fused-ring (bicyclic) bond motifs is 2. The summed E-state index contributed by atoms with van der Waals surface area (Å²) in [5.41, 5.74) is 4.26. The summed E-state index contributed by atoms with van der Waals surface area (Å²) in [5.74, 6) is 0.803. The highest BCUT2D eigenvalue weighted by atomic mass is 19.1. The Morgan fingerprint density at radius 1 is 1.14 bits per heavy atom. The second-order valence-electron chi connectivity index (χ2n) is 9.84. The third-order valence-corrected chi connectivity index (χ3v) is 7.05. The second kappa shape index (κ2) is 8.73. The Labute approximate surface area is 202 Å². The van der Waals surface area contributed by atoms with E-state index in [0.717, 1.165) is 65.4 Å². The van der Waals surface area contributed by atoms with Crippen molar-refractivity contribution in [2.75, 3.05) is 26.7 Å². The molecular weight excluding hydrogens is 450 g/mol. The van der Waals surface area contributed by atoms with E-state index in [1.54, 1.807) is 6.92 Å². The predicted octanol–water partition coefficient (Wildman–Crippen LogP) is 4.64. The number of H-pyrrole nitrogens is 2. The van der Waals surface area contributed by atoms with Gasteiger partial charge in [0.2, 0.25) is 0 Å². The summed E-state index contributed by atoms with van der Waals surface area (Å²) >= 11 is 0. The maximum absolute atomic E-state index is 13.6. The Bertz CT molecular complexity index is 1340. The Kier molecular flexibility index (Phi) is 5.53. The van der Waals surface area contributed by atoms with Gasteiger partial charge >= 0.3 is 0 Å². The minimum Gasteiger partial charge on any atom is -0.486 e. The van der Waals surface area contributed by atoms with Crippen molar-refractivity contribution in [3.8, 4) is 17.3 Å². The van der Waals surface area contributed by atoms with Gasteiger partial charge in [0, 0.05) is 37.6 Å². The first-order chi connectivity index (χ1) is 16.9. The lowest BCUT2D eigenvalue weighted by Crippen LogP contribution is -2.26. The summed E-state index contributed by atoms with van der Waals surface area (Å²) in [4.78, 5) is 13.2. The molecule has 6 rings (SSSR count). The van der Waals surface area contributed by atoms with E-state index in [1.165, 1.54) is 31.6 Å². The molecule has 0 amide bonds. The van der Waals surface area contributed by atoms with E-state index in [9.17, 15) is 8.78 Å². The van der Waals surface area contributed by atoms with Gasteiger partial charge in [0.05, 0.1) is 16.9 Å². The van der Waals surface area contributed by atoms with Crippen LogP contribution >= 0.6 is 0 Å². The molecular formula is C26H28F2N6O. The predicted molar refractivity (Wildman–Crippen MR) is 129 cm³/mol. The van der Waals surface area contributed by atoms with Gasteiger partial charge in [-0.05, 0) is 68.8 Å². The number of ether oxygens (including phenoxy) is 1. The maximum Gasteiger partial charge on any atom is 0.159 e. The lowest BCUT2D eigenvalue weighted by Gasteiger charge is -2.19. The molecule has 0 bridgehead atoms. The molecule has 2 unspecified atom stereocenters. The van der Waals surface area contributed by atoms with Crippen LogP contribution in [-0.4, -0.2) is 56.6 Å². The summed E-state index contributed by atoms with van der Waals surface area (Å²) in [5, 5.41) is 8.43. The summed E-state index contributed by atoms with van der Waals surface area (Å²) in [6.45, 7) is 6.94. The molecule has 1 fully saturated rings. The topological polar surface area (TPSA) is 73.1 Å². The van der Waals surface area contributed by atoms with Gasteiger partial charge in [-0.2, -0.15) is 5.10 Å². The van der Waals surface area contributed by atoms with Crippen molar-refractivity contribution in [2.45, 2.75) is 32.5 Å². The van der Waals surface area contributed by atoms with E-state index in [1.807, 2.05) is 18.2 Å². The van der Waals surface area contributed by atoms with Crippen molar-refractivity contribution >= 4 is 10.9 Å². The van der Waals surface area contributed by atoms with Crippen molar-refractivity contribution in [1.82, 2.24) is 30.0 Å². The summed E-state index contributed by atoms with van der Waals surface area (Å²) in [6.07, 6.45) is 0.738. The SMILES string of the molecule is CC(Oc1ccc2[nH]nc(-c3nc4c([nH]3)CN(CC3CCN(C)C3)C4)c2c1)c1cc(F)cc(F)c1. The van der Waals surface area contributed by atoms with Crippen LogP contribution in [-0.2, 0) is 13.1 Å². The number of hydrogen-bond donors (Lipinski definition) is 2. The first kappa shape index (κ1) is 22.2. The largest absolute Gasteiger partial charge is 0.486 e. The molecule has 2 aliphatic rings. The first-order valence-corrected chi connectivity index (χ1v) is 12.0. The number of imidazole rings is 1. The maximum atomic E-state index is 13.6. The smallest absolute Gasteiger partial charge is 0.159 e. The number of hydrogen-bond acceptors (Lipinski definition) is 5. The van der Waals surface area contributed by atoms with Gasteiger partial charge in [0.1, 0.15) is 29.2 Å². The van der Waals surface area contributed by atoms with Crippen molar-refractivity contribution < 1.29 is 13.5 Å². The fraction of sp³-hybridized carbons (Fsp3) is 0.385. The van der Waals surface area contributed by atoms with Crippen LogP contribution in [0.4, 0.5) is 8.78 Å². The lowest BCUT2D eigenvalue weighted by molar-refractivity contribution is 0.226. The van der Waals surface area contributed by atoms with E-state index in [4.69, 9.17) is 9.72 Å². The monoisotopic (exact) mass is 478 g/mol. The first-order valence-electron chi connectivity index (χ1n) is 12.0. The molecule has 1 saturated heterocycles. The molecule has 2 N–H and O–H groups in total. The third kappa shape index (κ3) is 4.41. The average Bonchev–Trinajstić information content (AvgIpc) is 3.56. The van der Waals surface area contributed by atoms with Gasteiger partial charge in [-0.25, -0.2) is 13.8 Å². The summed E-state index contributed by atoms with van der Waals surface area (Å²) in [7, 11) is 2.19. The van der Waals surface area contributed by atoms with Gasteiger partial charge < -0.3 is 14.6 Å². The van der Waals surface area contributed by atoms with Crippen LogP contribution in [0.15, 0.2) is 36.4 Å². The lowest BCUT2D eigenvalue weighted by atomic mass is 10.1. The molecule has 2 atom stereocenters. The molecule has 0 spiro atoms. The standard InChI is InChI=1S/C26H28F2N6O/c1-15(17-7-18(27)9-19(28)8-17)35-20-3-4-22-21(10-20)25(32-31-22)26-29-23-13-34(14-24(23)30-26)12-16-5-6-33(2)11-16/h3-4,7-10,15-16H,5-6,11-14H2,1-2H3,(H,29,30)(H,31,32). The zero-order valence-electron chi connectivity index (χ0n) is 19.8. The zero-order chi connectivity index (χ0) is 24.1. The van der Waals surface area contributed by atoms with E-state index in [-0.39, 0.29) is 0 Å². The van der Waals surface area contributed by atoms with Crippen LogP contribution in [0.3, 0.4) is 0 Å². The van der Waals surface area contributed by atoms with Crippen molar-refractivity contribution in [3.05, 3.63) is 65.0 Å². The molecule has 0 aliphatic carbocycles. The van der Waals surface area contributed by atoms with Crippen LogP contribution in [0.5, 0.6) is 5.75 Å². The van der Waals surface area contributed by atoms with Crippen LogP contribution < -0.4 is 4.74 Å². The molecule has 2 aromatic heterocycles. The molecule has 9 heteroatoms. The molecule has 4 heterocycles. The number of halogens is 2. The summed E-state index contributed by atoms with van der Waals surface area (Å²) in [6, 6.07) is 9.01. The molecule has 2 aromatic carbocycles. The van der Waals surface area contributed by atoms with Gasteiger partial charge in [-0.15, -0.1) is 0 Å². The van der Waals surface area contributed by atoms with Crippen LogP contribution in [0.2, 0.25) is 0 Å². The number of rotatable bonds is 6. The van der Waals surface area contributed by atoms with E-state index < -0.39 is 17.7 Å². The number of aromatic nitrogens is 4. The van der Waals surface area contributed by atoms with Gasteiger partial charge in [0.25, 0.3) is 0 Å². The zero-order valence-corrected chi connectivity index (χ0v) is 19.8.